The first kappa shape index (κ1) is 34.3. The molecule has 260 valence electrons. The molecule has 3 amide bonds. The normalized spacial score (nSPS) is 19.5. The number of hydrogen-bond acceptors (Lipinski definition) is 6. The summed E-state index contributed by atoms with van der Waals surface area (Å²) in [6.07, 6.45) is 8.06. The number of alkyl halides is 2. The Morgan fingerprint density at radius 1 is 0.980 bits per heavy atom. The summed E-state index contributed by atoms with van der Waals surface area (Å²) in [5.41, 5.74) is 1.56. The van der Waals surface area contributed by atoms with E-state index in [1.807, 2.05) is 4.90 Å². The number of likely N-dealkylation sites (tertiary alicyclic amines) is 1. The third-order valence-corrected chi connectivity index (χ3v) is 9.60. The topological polar surface area (TPSA) is 101 Å². The van der Waals surface area contributed by atoms with Crippen LogP contribution < -0.4 is 14.8 Å². The van der Waals surface area contributed by atoms with E-state index in [9.17, 15) is 27.6 Å². The van der Waals surface area contributed by atoms with Crippen LogP contribution in [0.5, 0.6) is 17.2 Å². The van der Waals surface area contributed by atoms with Crippen LogP contribution in [0, 0.1) is 11.7 Å². The van der Waals surface area contributed by atoms with Gasteiger partial charge in [-0.05, 0) is 92.1 Å². The fourth-order valence-corrected chi connectivity index (χ4v) is 6.86. The molecule has 0 spiro atoms. The number of pyridine rings is 1. The van der Waals surface area contributed by atoms with Gasteiger partial charge in [-0.25, -0.2) is 9.37 Å². The molecule has 0 bridgehead atoms. The number of amides is 3. The first-order chi connectivity index (χ1) is 23.6. The molecule has 2 atom stereocenters. The molecule has 1 N–H and O–H groups in total. The van der Waals surface area contributed by atoms with E-state index in [1.54, 1.807) is 24.3 Å². The molecule has 49 heavy (non-hydrogen) atoms. The molecule has 3 aliphatic rings. The Bertz CT molecular complexity index is 1650. The zero-order chi connectivity index (χ0) is 34.5. The number of carbonyl (C=O) groups is 3. The van der Waals surface area contributed by atoms with Gasteiger partial charge >= 0.3 is 6.61 Å². The SMILES string of the molecule is CC(=O)N1CC(c2ccc(OC(F)F)c(Oc3ccc(F)cc3)c2)C[C@@H]1C(=O)NCc1cccc(C(=O)N(CC2CC2)C2CCCCC2)n1. The largest absolute Gasteiger partial charge is 0.453 e. The third kappa shape index (κ3) is 8.71. The lowest BCUT2D eigenvalue weighted by atomic mass is 9.93. The Morgan fingerprint density at radius 3 is 2.43 bits per heavy atom. The smallest absolute Gasteiger partial charge is 0.387 e. The van der Waals surface area contributed by atoms with Crippen molar-refractivity contribution in [2.45, 2.75) is 89.4 Å². The van der Waals surface area contributed by atoms with E-state index in [1.165, 1.54) is 54.6 Å². The Labute approximate surface area is 283 Å². The fraction of sp³-hybridized carbons (Fsp3) is 0.459. The number of rotatable bonds is 12. The maximum Gasteiger partial charge on any atom is 0.387 e. The van der Waals surface area contributed by atoms with Crippen molar-refractivity contribution < 1.29 is 37.0 Å². The van der Waals surface area contributed by atoms with Gasteiger partial charge in [0.1, 0.15) is 23.3 Å². The minimum absolute atomic E-state index is 0.00799. The zero-order valence-electron chi connectivity index (χ0n) is 27.5. The lowest BCUT2D eigenvalue weighted by Crippen LogP contribution is -2.45. The van der Waals surface area contributed by atoms with Crippen molar-refractivity contribution in [3.8, 4) is 17.2 Å². The number of benzene rings is 2. The standard InChI is InChI=1S/C37H41F3N4O5/c1-23(45)43-22-26(25-12-17-33(49-37(39)40)34(19-25)48-30-15-13-27(38)14-16-30)18-32(43)35(46)41-20-28-6-5-9-31(42-28)36(47)44(21-24-10-11-24)29-7-3-2-4-8-29/h5-6,9,12-17,19,24,26,29,32,37H,2-4,7-8,10-11,18,20-22H2,1H3,(H,41,46)/t26?,32-/m1/s1. The van der Waals surface area contributed by atoms with E-state index in [0.29, 0.717) is 22.9 Å². The van der Waals surface area contributed by atoms with Gasteiger partial charge in [0.25, 0.3) is 5.91 Å². The molecule has 1 saturated heterocycles. The summed E-state index contributed by atoms with van der Waals surface area (Å²) in [7, 11) is 0. The number of aromatic nitrogens is 1. The second kappa shape index (κ2) is 15.3. The molecule has 6 rings (SSSR count). The van der Waals surface area contributed by atoms with Crippen molar-refractivity contribution in [2.75, 3.05) is 13.1 Å². The van der Waals surface area contributed by atoms with Gasteiger partial charge in [-0.15, -0.1) is 0 Å². The average Bonchev–Trinajstić information content (AvgIpc) is 3.81. The van der Waals surface area contributed by atoms with E-state index >= 15 is 0 Å². The number of ether oxygens (including phenoxy) is 2. The van der Waals surface area contributed by atoms with Crippen molar-refractivity contribution >= 4 is 17.7 Å². The highest BCUT2D eigenvalue weighted by molar-refractivity contribution is 5.92. The summed E-state index contributed by atoms with van der Waals surface area (Å²) in [6, 6.07) is 14.3. The number of hydrogen-bond donors (Lipinski definition) is 1. The van der Waals surface area contributed by atoms with Crippen molar-refractivity contribution in [1.29, 1.82) is 0 Å². The Balaban J connectivity index is 1.13. The summed E-state index contributed by atoms with van der Waals surface area (Å²) in [5, 5.41) is 2.90. The zero-order valence-corrected chi connectivity index (χ0v) is 27.5. The number of carbonyl (C=O) groups excluding carboxylic acids is 3. The molecule has 2 aliphatic carbocycles. The van der Waals surface area contributed by atoms with Crippen molar-refractivity contribution in [3.05, 3.63) is 83.4 Å². The number of nitrogens with one attached hydrogen (secondary N) is 1. The molecule has 2 heterocycles. The van der Waals surface area contributed by atoms with Crippen LogP contribution in [0.2, 0.25) is 0 Å². The highest BCUT2D eigenvalue weighted by atomic mass is 19.3. The minimum atomic E-state index is -3.10. The van der Waals surface area contributed by atoms with Crippen LogP contribution in [-0.4, -0.2) is 64.3 Å². The van der Waals surface area contributed by atoms with Gasteiger partial charge in [0, 0.05) is 32.0 Å². The van der Waals surface area contributed by atoms with Crippen LogP contribution in [0.3, 0.4) is 0 Å². The van der Waals surface area contributed by atoms with Gasteiger partial charge in [-0.1, -0.05) is 31.4 Å². The molecule has 1 aliphatic heterocycles. The maximum absolute atomic E-state index is 13.7. The van der Waals surface area contributed by atoms with Crippen LogP contribution in [0.15, 0.2) is 60.7 Å². The Hall–Kier alpha value is -4.61. The van der Waals surface area contributed by atoms with Crippen LogP contribution in [0.25, 0.3) is 0 Å². The molecule has 0 radical (unpaired) electrons. The second-order valence-corrected chi connectivity index (χ2v) is 13.2. The molecule has 12 heteroatoms. The summed E-state index contributed by atoms with van der Waals surface area (Å²) in [6.45, 7) is -0.646. The fourth-order valence-electron chi connectivity index (χ4n) is 6.86. The molecule has 9 nitrogen and oxygen atoms in total. The van der Waals surface area contributed by atoms with Gasteiger partial charge in [0.2, 0.25) is 11.8 Å². The van der Waals surface area contributed by atoms with Gasteiger partial charge in [-0.3, -0.25) is 14.4 Å². The minimum Gasteiger partial charge on any atom is -0.453 e. The molecular weight excluding hydrogens is 637 g/mol. The van der Waals surface area contributed by atoms with Crippen molar-refractivity contribution in [2.24, 2.45) is 5.92 Å². The van der Waals surface area contributed by atoms with Crippen LogP contribution in [0.1, 0.15) is 86.0 Å². The van der Waals surface area contributed by atoms with Crippen LogP contribution in [-0.2, 0) is 16.1 Å². The van der Waals surface area contributed by atoms with Crippen molar-refractivity contribution in [3.63, 3.8) is 0 Å². The first-order valence-corrected chi connectivity index (χ1v) is 17.0. The van der Waals surface area contributed by atoms with Crippen molar-refractivity contribution in [1.82, 2.24) is 20.1 Å². The predicted molar refractivity (Wildman–Crippen MR) is 175 cm³/mol. The Morgan fingerprint density at radius 2 is 1.73 bits per heavy atom. The molecule has 1 aromatic heterocycles. The average molecular weight is 679 g/mol. The number of halogens is 3. The van der Waals surface area contributed by atoms with Crippen LogP contribution in [0.4, 0.5) is 13.2 Å². The van der Waals surface area contributed by atoms with Gasteiger partial charge in [0.15, 0.2) is 11.5 Å². The molecule has 2 aromatic carbocycles. The van der Waals surface area contributed by atoms with E-state index in [0.717, 1.165) is 45.1 Å². The quantitative estimate of drug-likeness (QED) is 0.226. The molecule has 2 saturated carbocycles. The predicted octanol–water partition coefficient (Wildman–Crippen LogP) is 6.82. The molecule has 1 unspecified atom stereocenters. The third-order valence-electron chi connectivity index (χ3n) is 9.60. The first-order valence-electron chi connectivity index (χ1n) is 17.0. The number of nitrogens with zero attached hydrogens (tertiary/aromatic N) is 3. The maximum atomic E-state index is 13.7. The second-order valence-electron chi connectivity index (χ2n) is 13.2. The van der Waals surface area contributed by atoms with Gasteiger partial charge in [0.05, 0.1) is 12.2 Å². The van der Waals surface area contributed by atoms with E-state index in [-0.39, 0.29) is 66.4 Å². The molecular formula is C37H41F3N4O5. The summed E-state index contributed by atoms with van der Waals surface area (Å²) >= 11 is 0. The van der Waals surface area contributed by atoms with Gasteiger partial charge in [-0.2, -0.15) is 8.78 Å². The van der Waals surface area contributed by atoms with E-state index in [2.05, 4.69) is 15.0 Å². The monoisotopic (exact) mass is 678 g/mol. The summed E-state index contributed by atoms with van der Waals surface area (Å²) < 4.78 is 50.2. The lowest BCUT2D eigenvalue weighted by molar-refractivity contribution is -0.136. The summed E-state index contributed by atoms with van der Waals surface area (Å²) in [4.78, 5) is 48.0. The molecule has 3 fully saturated rings. The lowest BCUT2D eigenvalue weighted by Gasteiger charge is -2.34. The summed E-state index contributed by atoms with van der Waals surface area (Å²) in [5.74, 6) is -0.948. The highest BCUT2D eigenvalue weighted by Gasteiger charge is 2.39. The molecule has 3 aromatic rings. The van der Waals surface area contributed by atoms with E-state index in [4.69, 9.17) is 4.74 Å². The van der Waals surface area contributed by atoms with Crippen LogP contribution >= 0.6 is 0 Å². The highest BCUT2D eigenvalue weighted by Crippen LogP contribution is 2.39. The van der Waals surface area contributed by atoms with E-state index < -0.39 is 18.5 Å². The van der Waals surface area contributed by atoms with Gasteiger partial charge < -0.3 is 24.6 Å². The Kier molecular flexibility index (Phi) is 10.7.